The van der Waals surface area contributed by atoms with Crippen LogP contribution in [0.2, 0.25) is 5.02 Å². The van der Waals surface area contributed by atoms with E-state index in [4.69, 9.17) is 30.5 Å². The summed E-state index contributed by atoms with van der Waals surface area (Å²) in [7, 11) is 0. The summed E-state index contributed by atoms with van der Waals surface area (Å²) in [5.74, 6) is 3.41. The molecule has 4 N–H and O–H groups in total. The molecule has 4 aromatic carbocycles. The number of likely N-dealkylation sites (tertiary alicyclic amines) is 1. The smallest absolute Gasteiger partial charge is 0.315 e. The zero-order valence-electron chi connectivity index (χ0n) is 37.2. The third-order valence-electron chi connectivity index (χ3n) is 12.7. The SMILES string of the molecule is Cc1c(COc2cc(OCc3cccc(C#N)c3)c(CNC(C)(C)C(=O)N3CCC(NC(=O)CCCC[C@H]4SC[C@H]5NC(=O)N[C@H]54)CC3)cc2Cl)cccc1-c1ccc2c(c1)OCCO2. The number of nitrogens with zero attached hydrogens (tertiary/aromatic N) is 2. The molecule has 3 atom stereocenters. The number of unbranched alkanes of at least 4 members (excludes halogenated alkanes) is 1. The lowest BCUT2D eigenvalue weighted by molar-refractivity contribution is -0.138. The number of nitrogens with one attached hydrogen (secondary N) is 4. The first-order valence-corrected chi connectivity index (χ1v) is 23.9. The number of piperidine rings is 1. The molecule has 4 aliphatic rings. The number of halogens is 1. The van der Waals surface area contributed by atoms with Crippen LogP contribution in [0.1, 0.15) is 80.2 Å². The van der Waals surface area contributed by atoms with Crippen LogP contribution in [0.3, 0.4) is 0 Å². The highest BCUT2D eigenvalue weighted by molar-refractivity contribution is 8.00. The van der Waals surface area contributed by atoms with Crippen molar-refractivity contribution in [2.75, 3.05) is 32.1 Å². The molecule has 4 amide bonds. The van der Waals surface area contributed by atoms with Gasteiger partial charge in [0.2, 0.25) is 11.8 Å². The van der Waals surface area contributed by atoms with E-state index in [1.165, 1.54) is 0 Å². The molecule has 0 aromatic heterocycles. The van der Waals surface area contributed by atoms with Crippen LogP contribution < -0.4 is 40.2 Å². The maximum Gasteiger partial charge on any atom is 0.315 e. The number of fused-ring (bicyclic) bond motifs is 2. The predicted octanol–water partition coefficient (Wildman–Crippen LogP) is 7.82. The van der Waals surface area contributed by atoms with E-state index in [2.05, 4.69) is 40.3 Å². The number of urea groups is 1. The normalized spacial score (nSPS) is 19.2. The fraction of sp³-hybridized carbons (Fsp3) is 0.440. The van der Waals surface area contributed by atoms with Crippen LogP contribution in [-0.4, -0.2) is 83.7 Å². The monoisotopic (exact) mass is 920 g/mol. The fourth-order valence-corrected chi connectivity index (χ4v) is 10.7. The van der Waals surface area contributed by atoms with Gasteiger partial charge in [-0.2, -0.15) is 17.0 Å². The number of carbonyl (C=O) groups excluding carboxylic acids is 3. The Hall–Kier alpha value is -5.62. The van der Waals surface area contributed by atoms with Crippen LogP contribution in [0.4, 0.5) is 4.79 Å². The van der Waals surface area contributed by atoms with Gasteiger partial charge in [0.15, 0.2) is 11.5 Å². The first kappa shape index (κ1) is 45.9. The van der Waals surface area contributed by atoms with Gasteiger partial charge in [0, 0.05) is 54.7 Å². The summed E-state index contributed by atoms with van der Waals surface area (Å²) in [6.45, 7) is 8.70. The summed E-state index contributed by atoms with van der Waals surface area (Å²) >= 11 is 8.83. The molecule has 0 radical (unpaired) electrons. The van der Waals surface area contributed by atoms with Gasteiger partial charge in [-0.25, -0.2) is 4.79 Å². The van der Waals surface area contributed by atoms with Gasteiger partial charge >= 0.3 is 6.03 Å². The number of benzene rings is 4. The molecule has 4 heterocycles. The minimum Gasteiger partial charge on any atom is -0.488 e. The molecule has 0 saturated carbocycles. The minimum atomic E-state index is -0.926. The van der Waals surface area contributed by atoms with Gasteiger partial charge in [-0.1, -0.05) is 54.4 Å². The number of carbonyl (C=O) groups is 3. The number of ether oxygens (including phenoxy) is 4. The van der Waals surface area contributed by atoms with Crippen molar-refractivity contribution in [3.05, 3.63) is 106 Å². The zero-order valence-corrected chi connectivity index (χ0v) is 38.7. The maximum absolute atomic E-state index is 14.0. The quantitative estimate of drug-likeness (QED) is 0.0607. The molecular formula is C50H57ClN6O7S. The van der Waals surface area contributed by atoms with Crippen molar-refractivity contribution in [1.29, 1.82) is 5.26 Å². The largest absolute Gasteiger partial charge is 0.488 e. The Labute approximate surface area is 390 Å². The van der Waals surface area contributed by atoms with Gasteiger partial charge in [-0.3, -0.25) is 14.9 Å². The molecule has 65 heavy (non-hydrogen) atoms. The molecule has 13 nitrogen and oxygen atoms in total. The van der Waals surface area contributed by atoms with E-state index in [-0.39, 0.29) is 55.7 Å². The van der Waals surface area contributed by atoms with Crippen molar-refractivity contribution < 1.29 is 33.3 Å². The van der Waals surface area contributed by atoms with E-state index in [9.17, 15) is 19.6 Å². The van der Waals surface area contributed by atoms with Crippen molar-refractivity contribution >= 4 is 41.2 Å². The lowest BCUT2D eigenvalue weighted by Crippen LogP contribution is -2.56. The minimum absolute atomic E-state index is 0.0255. The van der Waals surface area contributed by atoms with Gasteiger partial charge in [0.1, 0.15) is 37.9 Å². The molecule has 4 aliphatic heterocycles. The Morgan fingerprint density at radius 2 is 1.72 bits per heavy atom. The van der Waals surface area contributed by atoms with E-state index >= 15 is 0 Å². The molecule has 3 fully saturated rings. The number of hydrogen-bond acceptors (Lipinski definition) is 10. The zero-order chi connectivity index (χ0) is 45.5. The number of hydrogen-bond donors (Lipinski definition) is 4. The standard InChI is InChI=1S/C50H57ClN6O7S/c1-31-35(10-7-11-38(31)34-14-15-41-44(24-34)62-21-20-61-41)29-64-43-25-42(63-28-33-9-6-8-32(22-33)26-52)36(23-39(43)51)27-53-50(2,3)48(59)57-18-16-37(17-19-57)54-46(58)13-5-4-12-45-47-40(30-65-45)55-49(60)56-47/h6-11,14-15,22-25,37,40,45,47,53H,4-5,12-13,16-21,27-30H2,1-3H3,(H,54,58)(H2,55,56,60)/t40-,45-,47-/m1/s1. The van der Waals surface area contributed by atoms with Crippen molar-refractivity contribution in [2.24, 2.45) is 0 Å². The molecule has 0 bridgehead atoms. The van der Waals surface area contributed by atoms with Crippen molar-refractivity contribution in [1.82, 2.24) is 26.2 Å². The summed E-state index contributed by atoms with van der Waals surface area (Å²) < 4.78 is 24.4. The van der Waals surface area contributed by atoms with Crippen LogP contribution in [0, 0.1) is 18.3 Å². The van der Waals surface area contributed by atoms with Crippen molar-refractivity contribution in [3.63, 3.8) is 0 Å². The van der Waals surface area contributed by atoms with Crippen LogP contribution >= 0.6 is 23.4 Å². The average molecular weight is 922 g/mol. The molecule has 342 valence electrons. The summed E-state index contributed by atoms with van der Waals surface area (Å²) in [6.07, 6.45) is 4.56. The third-order valence-corrected chi connectivity index (χ3v) is 14.5. The van der Waals surface area contributed by atoms with Crippen LogP contribution in [-0.2, 0) is 29.3 Å². The summed E-state index contributed by atoms with van der Waals surface area (Å²) in [5, 5.41) is 22.9. The Bertz CT molecular complexity index is 2440. The van der Waals surface area contributed by atoms with Gasteiger partial charge in [0.05, 0.1) is 34.3 Å². The second-order valence-electron chi connectivity index (χ2n) is 17.7. The Morgan fingerprint density at radius 3 is 2.54 bits per heavy atom. The third kappa shape index (κ3) is 11.3. The topological polar surface area (TPSA) is 163 Å². The number of amides is 4. The lowest BCUT2D eigenvalue weighted by atomic mass is 9.96. The van der Waals surface area contributed by atoms with Crippen molar-refractivity contribution in [2.45, 2.75) is 108 Å². The number of thioether (sulfide) groups is 1. The average Bonchev–Trinajstić information content (AvgIpc) is 3.88. The van der Waals surface area contributed by atoms with Crippen LogP contribution in [0.25, 0.3) is 11.1 Å². The summed E-state index contributed by atoms with van der Waals surface area (Å²) in [4.78, 5) is 40.4. The molecule has 0 unspecified atom stereocenters. The molecule has 8 rings (SSSR count). The molecule has 4 aromatic rings. The Kier molecular flexibility index (Phi) is 14.6. The first-order valence-electron chi connectivity index (χ1n) is 22.5. The highest BCUT2D eigenvalue weighted by atomic mass is 35.5. The first-order chi connectivity index (χ1) is 31.4. The van der Waals surface area contributed by atoms with E-state index in [0.717, 1.165) is 69.9 Å². The second kappa shape index (κ2) is 20.7. The molecule has 15 heteroatoms. The molecular weight excluding hydrogens is 864 g/mol. The molecule has 0 aliphatic carbocycles. The summed E-state index contributed by atoms with van der Waals surface area (Å²) in [6, 6.07) is 25.5. The highest BCUT2D eigenvalue weighted by Crippen LogP contribution is 2.38. The van der Waals surface area contributed by atoms with Gasteiger partial charge in [-0.15, -0.1) is 0 Å². The fourth-order valence-electron chi connectivity index (χ4n) is 8.96. The van der Waals surface area contributed by atoms with Crippen molar-refractivity contribution in [3.8, 4) is 40.2 Å². The van der Waals surface area contributed by atoms with Crippen LogP contribution in [0.5, 0.6) is 23.0 Å². The van der Waals surface area contributed by atoms with E-state index in [1.54, 1.807) is 18.2 Å². The molecule has 3 saturated heterocycles. The highest BCUT2D eigenvalue weighted by Gasteiger charge is 2.42. The van der Waals surface area contributed by atoms with E-state index in [1.807, 2.05) is 79.0 Å². The van der Waals surface area contributed by atoms with Crippen LogP contribution in [0.15, 0.2) is 72.8 Å². The van der Waals surface area contributed by atoms with Gasteiger partial charge in [-0.05, 0) is 105 Å². The predicted molar refractivity (Wildman–Crippen MR) is 251 cm³/mol. The Morgan fingerprint density at radius 1 is 0.938 bits per heavy atom. The van der Waals surface area contributed by atoms with E-state index in [0.29, 0.717) is 72.9 Å². The van der Waals surface area contributed by atoms with Gasteiger partial charge in [0.25, 0.3) is 0 Å². The van der Waals surface area contributed by atoms with E-state index < -0.39 is 5.54 Å². The second-order valence-corrected chi connectivity index (χ2v) is 19.4. The van der Waals surface area contributed by atoms with Gasteiger partial charge < -0.3 is 39.8 Å². The number of nitriles is 1. The number of rotatable bonds is 17. The Balaban J connectivity index is 0.865. The molecule has 0 spiro atoms. The summed E-state index contributed by atoms with van der Waals surface area (Å²) in [5.41, 5.74) is 5.32. The lowest BCUT2D eigenvalue weighted by Gasteiger charge is -2.37. The maximum atomic E-state index is 14.0.